The summed E-state index contributed by atoms with van der Waals surface area (Å²) >= 11 is 0. The molecule has 1 aromatic rings. The van der Waals surface area contributed by atoms with Crippen LogP contribution in [0.1, 0.15) is 12.0 Å². The number of carbonyl (C=O) groups is 1. The van der Waals surface area contributed by atoms with Gasteiger partial charge in [0.1, 0.15) is 0 Å². The van der Waals surface area contributed by atoms with Gasteiger partial charge in [0.05, 0.1) is 0 Å². The van der Waals surface area contributed by atoms with Crippen molar-refractivity contribution in [2.75, 3.05) is 6.61 Å². The van der Waals surface area contributed by atoms with Crippen LogP contribution in [0.2, 0.25) is 0 Å². The normalized spacial score (nSPS) is 9.44. The van der Waals surface area contributed by atoms with Crippen LogP contribution < -0.4 is 0 Å². The Morgan fingerprint density at radius 1 is 1.38 bits per heavy atom. The van der Waals surface area contributed by atoms with Gasteiger partial charge in [-0.25, -0.2) is 0 Å². The van der Waals surface area contributed by atoms with Crippen molar-refractivity contribution in [3.05, 3.63) is 23.8 Å². The summed E-state index contributed by atoms with van der Waals surface area (Å²) in [4.78, 5) is 11.1. The van der Waals surface area contributed by atoms with Crippen LogP contribution >= 0.6 is 0 Å². The number of terminal acetylenes is 1. The number of phenols is 2. The van der Waals surface area contributed by atoms with Crippen molar-refractivity contribution >= 4 is 5.97 Å². The van der Waals surface area contributed by atoms with Gasteiger partial charge in [-0.1, -0.05) is 12.0 Å². The Morgan fingerprint density at radius 3 is 2.75 bits per heavy atom. The van der Waals surface area contributed by atoms with E-state index in [0.717, 1.165) is 5.56 Å². The minimum absolute atomic E-state index is 0.0281. The fraction of sp³-hybridized carbons (Fsp3) is 0.250. The minimum atomic E-state index is -0.384. The van der Waals surface area contributed by atoms with Crippen molar-refractivity contribution in [3.63, 3.8) is 0 Å². The lowest BCUT2D eigenvalue weighted by molar-refractivity contribution is -0.142. The molecule has 4 heteroatoms. The first-order chi connectivity index (χ1) is 7.63. The maximum absolute atomic E-state index is 11.1. The molecule has 0 spiro atoms. The first-order valence-electron chi connectivity index (χ1n) is 4.73. The van der Waals surface area contributed by atoms with Gasteiger partial charge < -0.3 is 14.9 Å². The Hall–Kier alpha value is -2.15. The van der Waals surface area contributed by atoms with E-state index in [4.69, 9.17) is 11.5 Å². The molecule has 16 heavy (non-hydrogen) atoms. The highest BCUT2D eigenvalue weighted by Gasteiger charge is 2.05. The number of esters is 1. The van der Waals surface area contributed by atoms with Crippen LogP contribution in [0.15, 0.2) is 18.2 Å². The van der Waals surface area contributed by atoms with E-state index in [1.54, 1.807) is 6.07 Å². The average Bonchev–Trinajstić information content (AvgIpc) is 2.28. The van der Waals surface area contributed by atoms with Gasteiger partial charge in [-0.15, -0.1) is 6.42 Å². The number of phenolic OH excluding ortho intramolecular Hbond substituents is 2. The largest absolute Gasteiger partial charge is 0.504 e. The second kappa shape index (κ2) is 5.66. The molecule has 0 saturated carbocycles. The van der Waals surface area contributed by atoms with E-state index in [2.05, 4.69) is 10.7 Å². The summed E-state index contributed by atoms with van der Waals surface area (Å²) in [6.07, 6.45) is 5.55. The van der Waals surface area contributed by atoms with Gasteiger partial charge in [0.2, 0.25) is 0 Å². The SMILES string of the molecule is C#CCOC(=O)CCc1ccc(O)c(O)c1. The van der Waals surface area contributed by atoms with Crippen LogP contribution in [0.4, 0.5) is 0 Å². The van der Waals surface area contributed by atoms with Gasteiger partial charge in [-0.2, -0.15) is 0 Å². The molecule has 0 atom stereocenters. The second-order valence-electron chi connectivity index (χ2n) is 3.19. The Morgan fingerprint density at radius 2 is 2.12 bits per heavy atom. The smallest absolute Gasteiger partial charge is 0.307 e. The number of hydrogen-bond acceptors (Lipinski definition) is 4. The van der Waals surface area contributed by atoms with E-state index in [1.165, 1.54) is 12.1 Å². The second-order valence-corrected chi connectivity index (χ2v) is 3.19. The topological polar surface area (TPSA) is 66.8 Å². The third-order valence-corrected chi connectivity index (χ3v) is 1.97. The predicted molar refractivity (Wildman–Crippen MR) is 57.9 cm³/mol. The van der Waals surface area contributed by atoms with E-state index in [1.807, 2.05) is 0 Å². The Kier molecular flexibility index (Phi) is 4.22. The molecule has 0 heterocycles. The van der Waals surface area contributed by atoms with Crippen molar-refractivity contribution in [1.82, 2.24) is 0 Å². The van der Waals surface area contributed by atoms with Gasteiger partial charge in [-0.3, -0.25) is 4.79 Å². The molecule has 1 aromatic carbocycles. The molecule has 0 aliphatic rings. The number of aryl methyl sites for hydroxylation is 1. The average molecular weight is 220 g/mol. The molecule has 0 amide bonds. The van der Waals surface area contributed by atoms with E-state index < -0.39 is 0 Å². The number of hydrogen-bond donors (Lipinski definition) is 2. The first-order valence-corrected chi connectivity index (χ1v) is 4.73. The maximum Gasteiger partial charge on any atom is 0.307 e. The molecular weight excluding hydrogens is 208 g/mol. The van der Waals surface area contributed by atoms with Crippen LogP contribution in [-0.4, -0.2) is 22.8 Å². The molecule has 0 unspecified atom stereocenters. The van der Waals surface area contributed by atoms with Gasteiger partial charge in [-0.05, 0) is 24.1 Å². The zero-order valence-electron chi connectivity index (χ0n) is 8.64. The molecule has 0 saturated heterocycles. The zero-order chi connectivity index (χ0) is 12.0. The molecular formula is C12H12O4. The summed E-state index contributed by atoms with van der Waals surface area (Å²) in [5.41, 5.74) is 0.743. The van der Waals surface area contributed by atoms with Gasteiger partial charge in [0, 0.05) is 6.42 Å². The van der Waals surface area contributed by atoms with Crippen LogP contribution in [0, 0.1) is 12.3 Å². The Bertz CT molecular complexity index is 418. The molecule has 0 aromatic heterocycles. The van der Waals surface area contributed by atoms with Gasteiger partial charge >= 0.3 is 5.97 Å². The summed E-state index contributed by atoms with van der Waals surface area (Å²) in [5, 5.41) is 18.3. The number of ether oxygens (including phenoxy) is 1. The Balaban J connectivity index is 2.46. The van der Waals surface area contributed by atoms with Gasteiger partial charge in [0.15, 0.2) is 18.1 Å². The third kappa shape index (κ3) is 3.54. The van der Waals surface area contributed by atoms with Crippen molar-refractivity contribution in [2.24, 2.45) is 0 Å². The lowest BCUT2D eigenvalue weighted by Gasteiger charge is -2.03. The molecule has 0 bridgehead atoms. The lowest BCUT2D eigenvalue weighted by Crippen LogP contribution is -2.05. The molecule has 0 aliphatic heterocycles. The lowest BCUT2D eigenvalue weighted by atomic mass is 10.1. The number of benzene rings is 1. The van der Waals surface area contributed by atoms with Crippen molar-refractivity contribution in [1.29, 1.82) is 0 Å². The molecule has 2 N–H and O–H groups in total. The van der Waals surface area contributed by atoms with E-state index in [9.17, 15) is 9.90 Å². The van der Waals surface area contributed by atoms with E-state index in [0.29, 0.717) is 6.42 Å². The summed E-state index contributed by atoms with van der Waals surface area (Å²) < 4.78 is 4.68. The highest BCUT2D eigenvalue weighted by molar-refractivity contribution is 5.69. The predicted octanol–water partition coefficient (Wildman–Crippen LogP) is 1.21. The molecule has 1 rings (SSSR count). The standard InChI is InChI=1S/C12H12O4/c1-2-7-16-12(15)6-4-9-3-5-10(13)11(14)8-9/h1,3,5,8,13-14H,4,6-7H2. The number of aromatic hydroxyl groups is 2. The van der Waals surface area contributed by atoms with Crippen LogP contribution in [0.5, 0.6) is 11.5 Å². The van der Waals surface area contributed by atoms with Crippen molar-refractivity contribution in [2.45, 2.75) is 12.8 Å². The summed E-state index contributed by atoms with van der Waals surface area (Å²) in [5.74, 6) is 1.43. The van der Waals surface area contributed by atoms with Crippen molar-refractivity contribution < 1.29 is 19.7 Å². The van der Waals surface area contributed by atoms with Crippen molar-refractivity contribution in [3.8, 4) is 23.8 Å². The Labute approximate surface area is 93.5 Å². The van der Waals surface area contributed by atoms with Crippen LogP contribution in [-0.2, 0) is 16.0 Å². The van der Waals surface area contributed by atoms with Crippen LogP contribution in [0.3, 0.4) is 0 Å². The molecule has 0 radical (unpaired) electrons. The molecule has 0 aliphatic carbocycles. The van der Waals surface area contributed by atoms with Crippen LogP contribution in [0.25, 0.3) is 0 Å². The van der Waals surface area contributed by atoms with Gasteiger partial charge in [0.25, 0.3) is 0 Å². The molecule has 0 fully saturated rings. The zero-order valence-corrected chi connectivity index (χ0v) is 8.64. The fourth-order valence-corrected chi connectivity index (χ4v) is 1.17. The summed E-state index contributed by atoms with van der Waals surface area (Å²) in [6.45, 7) is -0.0281. The molecule has 4 nitrogen and oxygen atoms in total. The van der Waals surface area contributed by atoms with E-state index >= 15 is 0 Å². The maximum atomic E-state index is 11.1. The highest BCUT2D eigenvalue weighted by atomic mass is 16.5. The quantitative estimate of drug-likeness (QED) is 0.454. The summed E-state index contributed by atoms with van der Waals surface area (Å²) in [6, 6.07) is 4.41. The summed E-state index contributed by atoms with van der Waals surface area (Å²) in [7, 11) is 0. The minimum Gasteiger partial charge on any atom is -0.504 e. The molecule has 84 valence electrons. The highest BCUT2D eigenvalue weighted by Crippen LogP contribution is 2.25. The first kappa shape index (κ1) is 11.9. The third-order valence-electron chi connectivity index (χ3n) is 1.97. The monoisotopic (exact) mass is 220 g/mol. The fourth-order valence-electron chi connectivity index (χ4n) is 1.17. The number of rotatable bonds is 4. The van der Waals surface area contributed by atoms with E-state index in [-0.39, 0.29) is 30.5 Å². The number of carbonyl (C=O) groups excluding carboxylic acids is 1.